The number of esters is 1. The zero-order chi connectivity index (χ0) is 25.6. The van der Waals surface area contributed by atoms with Crippen LogP contribution >= 0.6 is 0 Å². The van der Waals surface area contributed by atoms with Crippen LogP contribution in [0.5, 0.6) is 17.2 Å². The van der Waals surface area contributed by atoms with Crippen molar-refractivity contribution in [3.05, 3.63) is 83.0 Å². The number of carbonyl (C=O) groups excluding carboxylic acids is 2. The highest BCUT2D eigenvalue weighted by Crippen LogP contribution is 2.26. The summed E-state index contributed by atoms with van der Waals surface area (Å²) >= 11 is 0. The van der Waals surface area contributed by atoms with Crippen molar-refractivity contribution < 1.29 is 28.5 Å². The van der Waals surface area contributed by atoms with Crippen LogP contribution in [-0.2, 0) is 9.53 Å². The van der Waals surface area contributed by atoms with E-state index in [0.29, 0.717) is 24.5 Å². The van der Waals surface area contributed by atoms with Crippen LogP contribution in [-0.4, -0.2) is 38.2 Å². The standard InChI is InChI=1S/C29H34O6/c1-6-32-29(31)20-35-28-19-25(34-18-16-22(4)5)12-13-26(28)27(30)14-9-23-7-10-24(11-8-23)33-17-15-21(2)3/h7-16,19H,6,17-18,20H2,1-5H3. The monoisotopic (exact) mass is 478 g/mol. The fourth-order valence-electron chi connectivity index (χ4n) is 2.80. The fourth-order valence-corrected chi connectivity index (χ4v) is 2.80. The molecule has 0 aliphatic heterocycles. The van der Waals surface area contributed by atoms with E-state index in [4.69, 9.17) is 18.9 Å². The summed E-state index contributed by atoms with van der Waals surface area (Å²) in [6.45, 7) is 10.6. The van der Waals surface area contributed by atoms with Crippen LogP contribution in [0.2, 0.25) is 0 Å². The van der Waals surface area contributed by atoms with Crippen LogP contribution < -0.4 is 14.2 Å². The SMILES string of the molecule is CCOC(=O)COc1cc(OCC=C(C)C)ccc1C(=O)C=Cc1ccc(OCC=C(C)C)cc1. The van der Waals surface area contributed by atoms with Gasteiger partial charge in [-0.15, -0.1) is 0 Å². The van der Waals surface area contributed by atoms with E-state index < -0.39 is 5.97 Å². The minimum Gasteiger partial charge on any atom is -0.490 e. The maximum atomic E-state index is 12.9. The van der Waals surface area contributed by atoms with E-state index in [1.807, 2.05) is 64.1 Å². The van der Waals surface area contributed by atoms with E-state index >= 15 is 0 Å². The molecule has 0 atom stereocenters. The summed E-state index contributed by atoms with van der Waals surface area (Å²) in [4.78, 5) is 24.7. The third-order valence-corrected chi connectivity index (χ3v) is 4.66. The molecule has 35 heavy (non-hydrogen) atoms. The first-order valence-electron chi connectivity index (χ1n) is 11.6. The number of hydrogen-bond acceptors (Lipinski definition) is 6. The predicted octanol–water partition coefficient (Wildman–Crippen LogP) is 6.21. The van der Waals surface area contributed by atoms with Gasteiger partial charge in [0.2, 0.25) is 0 Å². The highest BCUT2D eigenvalue weighted by atomic mass is 16.6. The lowest BCUT2D eigenvalue weighted by atomic mass is 10.1. The van der Waals surface area contributed by atoms with Gasteiger partial charge in [0.1, 0.15) is 30.5 Å². The first-order chi connectivity index (χ1) is 16.8. The molecule has 6 nitrogen and oxygen atoms in total. The number of benzene rings is 2. The molecule has 186 valence electrons. The second-order valence-electron chi connectivity index (χ2n) is 8.20. The molecule has 0 radical (unpaired) electrons. The Labute approximate surface area is 207 Å². The Balaban J connectivity index is 2.14. The molecule has 0 saturated heterocycles. The summed E-state index contributed by atoms with van der Waals surface area (Å²) in [5.74, 6) is 0.771. The van der Waals surface area contributed by atoms with Gasteiger partial charge in [0, 0.05) is 6.07 Å². The Morgan fingerprint density at radius 1 is 0.800 bits per heavy atom. The smallest absolute Gasteiger partial charge is 0.344 e. The third-order valence-electron chi connectivity index (χ3n) is 4.66. The molecule has 2 aromatic rings. The van der Waals surface area contributed by atoms with Crippen molar-refractivity contribution in [3.8, 4) is 17.2 Å². The van der Waals surface area contributed by atoms with Crippen molar-refractivity contribution in [2.75, 3.05) is 26.4 Å². The number of allylic oxidation sites excluding steroid dienone is 3. The summed E-state index contributed by atoms with van der Waals surface area (Å²) in [7, 11) is 0. The van der Waals surface area contributed by atoms with Gasteiger partial charge >= 0.3 is 5.97 Å². The van der Waals surface area contributed by atoms with Crippen molar-refractivity contribution in [2.24, 2.45) is 0 Å². The molecule has 0 fully saturated rings. The second-order valence-corrected chi connectivity index (χ2v) is 8.20. The molecule has 0 heterocycles. The first-order valence-corrected chi connectivity index (χ1v) is 11.6. The van der Waals surface area contributed by atoms with Crippen molar-refractivity contribution >= 4 is 17.8 Å². The van der Waals surface area contributed by atoms with Crippen LogP contribution in [0, 0.1) is 0 Å². The van der Waals surface area contributed by atoms with E-state index in [0.717, 1.165) is 16.9 Å². The van der Waals surface area contributed by atoms with Crippen LogP contribution in [0.15, 0.2) is 71.8 Å². The molecule has 0 aliphatic rings. The molecule has 0 saturated carbocycles. The van der Waals surface area contributed by atoms with E-state index in [9.17, 15) is 9.59 Å². The molecule has 0 aromatic heterocycles. The van der Waals surface area contributed by atoms with Crippen LogP contribution in [0.1, 0.15) is 50.5 Å². The van der Waals surface area contributed by atoms with Gasteiger partial charge in [0.15, 0.2) is 12.4 Å². The van der Waals surface area contributed by atoms with Crippen molar-refractivity contribution in [3.63, 3.8) is 0 Å². The summed E-state index contributed by atoms with van der Waals surface area (Å²) in [6, 6.07) is 12.4. The largest absolute Gasteiger partial charge is 0.490 e. The number of rotatable bonds is 13. The second kappa shape index (κ2) is 14.5. The summed E-state index contributed by atoms with van der Waals surface area (Å²) in [6.07, 6.45) is 7.14. The topological polar surface area (TPSA) is 71.1 Å². The maximum absolute atomic E-state index is 12.9. The van der Waals surface area contributed by atoms with Gasteiger partial charge in [-0.25, -0.2) is 4.79 Å². The summed E-state index contributed by atoms with van der Waals surface area (Å²) < 4.78 is 21.9. The Kier molecular flexibility index (Phi) is 11.3. The maximum Gasteiger partial charge on any atom is 0.344 e. The molecule has 6 heteroatoms. The zero-order valence-corrected chi connectivity index (χ0v) is 21.1. The number of ketones is 1. The van der Waals surface area contributed by atoms with Crippen LogP contribution in [0.3, 0.4) is 0 Å². The van der Waals surface area contributed by atoms with Crippen LogP contribution in [0.25, 0.3) is 6.08 Å². The predicted molar refractivity (Wildman–Crippen MR) is 138 cm³/mol. The normalized spacial score (nSPS) is 10.4. The zero-order valence-electron chi connectivity index (χ0n) is 21.1. The van der Waals surface area contributed by atoms with Gasteiger partial charge in [-0.3, -0.25) is 4.79 Å². The molecule has 0 bridgehead atoms. The molecule has 0 amide bonds. The van der Waals surface area contributed by atoms with Crippen molar-refractivity contribution in [1.29, 1.82) is 0 Å². The Morgan fingerprint density at radius 2 is 1.40 bits per heavy atom. The summed E-state index contributed by atoms with van der Waals surface area (Å²) in [5.41, 5.74) is 3.50. The molecule has 2 aromatic carbocycles. The molecule has 0 unspecified atom stereocenters. The first kappa shape index (κ1) is 27.4. The molecule has 0 spiro atoms. The average Bonchev–Trinajstić information content (AvgIpc) is 2.82. The highest BCUT2D eigenvalue weighted by Gasteiger charge is 2.14. The molecule has 0 N–H and O–H groups in total. The van der Waals surface area contributed by atoms with Gasteiger partial charge in [0.25, 0.3) is 0 Å². The van der Waals surface area contributed by atoms with Gasteiger partial charge < -0.3 is 18.9 Å². The summed E-state index contributed by atoms with van der Waals surface area (Å²) in [5, 5.41) is 0. The van der Waals surface area contributed by atoms with E-state index in [1.165, 1.54) is 11.6 Å². The molecular formula is C29H34O6. The van der Waals surface area contributed by atoms with Gasteiger partial charge in [-0.1, -0.05) is 29.4 Å². The minimum atomic E-state index is -0.510. The lowest BCUT2D eigenvalue weighted by Crippen LogP contribution is -2.16. The molecular weight excluding hydrogens is 444 g/mol. The quantitative estimate of drug-likeness (QED) is 0.147. The van der Waals surface area contributed by atoms with Crippen molar-refractivity contribution in [2.45, 2.75) is 34.6 Å². The Morgan fingerprint density at radius 3 is 2.00 bits per heavy atom. The minimum absolute atomic E-state index is 0.251. The lowest BCUT2D eigenvalue weighted by Gasteiger charge is -2.12. The fraction of sp³-hybridized carbons (Fsp3) is 0.310. The molecule has 0 aliphatic carbocycles. The van der Waals surface area contributed by atoms with Crippen LogP contribution in [0.4, 0.5) is 0 Å². The highest BCUT2D eigenvalue weighted by molar-refractivity contribution is 6.08. The van der Waals surface area contributed by atoms with Crippen molar-refractivity contribution in [1.82, 2.24) is 0 Å². The van der Waals surface area contributed by atoms with E-state index in [1.54, 1.807) is 31.2 Å². The average molecular weight is 479 g/mol. The number of hydrogen-bond donors (Lipinski definition) is 0. The van der Waals surface area contributed by atoms with Gasteiger partial charge in [-0.05, 0) is 82.7 Å². The van der Waals surface area contributed by atoms with Gasteiger partial charge in [-0.2, -0.15) is 0 Å². The lowest BCUT2D eigenvalue weighted by molar-refractivity contribution is -0.145. The number of carbonyl (C=O) groups is 2. The Bertz CT molecular complexity index is 1070. The molecule has 2 rings (SSSR count). The number of ether oxygens (including phenoxy) is 4. The van der Waals surface area contributed by atoms with Gasteiger partial charge in [0.05, 0.1) is 12.2 Å². The van der Waals surface area contributed by atoms with E-state index in [2.05, 4.69) is 0 Å². The Hall–Kier alpha value is -3.80. The third kappa shape index (κ3) is 10.3. The van der Waals surface area contributed by atoms with E-state index in [-0.39, 0.29) is 24.7 Å².